The van der Waals surface area contributed by atoms with Crippen LogP contribution in [-0.4, -0.2) is 15.0 Å². The predicted molar refractivity (Wildman–Crippen MR) is 92.9 cm³/mol. The first-order valence-corrected chi connectivity index (χ1v) is 7.81. The fraction of sp³-hybridized carbons (Fsp3) is 0.118. The lowest BCUT2D eigenvalue weighted by Crippen LogP contribution is -2.15. The lowest BCUT2D eigenvalue weighted by molar-refractivity contribution is 0.871. The Balaban J connectivity index is 2.02. The monoisotopic (exact) mass is 344 g/mol. The van der Waals surface area contributed by atoms with E-state index in [-0.39, 0.29) is 6.04 Å². The summed E-state index contributed by atoms with van der Waals surface area (Å²) in [5.74, 6) is 1.24. The smallest absolute Gasteiger partial charge is 0.134 e. The maximum atomic E-state index is 6.13. The molecule has 2 aromatic heterocycles. The second-order valence-corrected chi connectivity index (χ2v) is 5.83. The summed E-state index contributed by atoms with van der Waals surface area (Å²) >= 11 is 12.2. The largest absolute Gasteiger partial charge is 0.357 e. The molecule has 0 fully saturated rings. The van der Waals surface area contributed by atoms with Gasteiger partial charge in [0.2, 0.25) is 0 Å². The van der Waals surface area contributed by atoms with Gasteiger partial charge in [-0.25, -0.2) is 9.97 Å². The number of anilines is 1. The SMILES string of the molecule is Cc1nc(Cl)cc(NC(c2cccc(Cl)c2)c2ccccn2)n1. The third-order valence-electron chi connectivity index (χ3n) is 3.26. The van der Waals surface area contributed by atoms with Crippen LogP contribution in [0.1, 0.15) is 23.1 Å². The molecular weight excluding hydrogens is 331 g/mol. The Labute approximate surface area is 144 Å². The highest BCUT2D eigenvalue weighted by Gasteiger charge is 2.16. The first-order chi connectivity index (χ1) is 11.1. The first kappa shape index (κ1) is 15.7. The molecule has 0 saturated carbocycles. The summed E-state index contributed by atoms with van der Waals surface area (Å²) in [6, 6.07) is 14.9. The molecule has 1 N–H and O–H groups in total. The minimum Gasteiger partial charge on any atom is -0.357 e. The molecule has 0 aliphatic rings. The van der Waals surface area contributed by atoms with E-state index in [1.165, 1.54) is 0 Å². The molecule has 1 unspecified atom stereocenters. The number of halogens is 2. The lowest BCUT2D eigenvalue weighted by atomic mass is 10.0. The summed E-state index contributed by atoms with van der Waals surface area (Å²) in [6.07, 6.45) is 1.76. The number of benzene rings is 1. The highest BCUT2D eigenvalue weighted by molar-refractivity contribution is 6.30. The summed E-state index contributed by atoms with van der Waals surface area (Å²) in [6.45, 7) is 1.80. The maximum Gasteiger partial charge on any atom is 0.134 e. The zero-order valence-electron chi connectivity index (χ0n) is 12.4. The van der Waals surface area contributed by atoms with E-state index in [1.54, 1.807) is 19.2 Å². The van der Waals surface area contributed by atoms with E-state index in [0.717, 1.165) is 11.3 Å². The molecule has 3 aromatic rings. The van der Waals surface area contributed by atoms with E-state index in [1.807, 2.05) is 42.5 Å². The van der Waals surface area contributed by atoms with Gasteiger partial charge in [0.15, 0.2) is 0 Å². The van der Waals surface area contributed by atoms with Crippen LogP contribution in [0.5, 0.6) is 0 Å². The molecule has 1 atom stereocenters. The normalized spacial score (nSPS) is 12.0. The minimum absolute atomic E-state index is 0.194. The minimum atomic E-state index is -0.194. The zero-order chi connectivity index (χ0) is 16.2. The van der Waals surface area contributed by atoms with Gasteiger partial charge in [0.05, 0.1) is 11.7 Å². The van der Waals surface area contributed by atoms with Crippen molar-refractivity contribution in [2.75, 3.05) is 5.32 Å². The molecule has 0 saturated heterocycles. The Bertz CT molecular complexity index is 788. The zero-order valence-corrected chi connectivity index (χ0v) is 13.9. The van der Waals surface area contributed by atoms with Crippen LogP contribution >= 0.6 is 23.2 Å². The number of aryl methyl sites for hydroxylation is 1. The third kappa shape index (κ3) is 3.97. The summed E-state index contributed by atoms with van der Waals surface area (Å²) in [5.41, 5.74) is 1.85. The molecule has 0 amide bonds. The van der Waals surface area contributed by atoms with Crippen molar-refractivity contribution in [1.82, 2.24) is 15.0 Å². The fourth-order valence-corrected chi connectivity index (χ4v) is 2.74. The van der Waals surface area contributed by atoms with Gasteiger partial charge >= 0.3 is 0 Å². The molecule has 116 valence electrons. The van der Waals surface area contributed by atoms with Gasteiger partial charge in [-0.2, -0.15) is 0 Å². The van der Waals surface area contributed by atoms with E-state index < -0.39 is 0 Å². The second-order valence-electron chi connectivity index (χ2n) is 5.01. The van der Waals surface area contributed by atoms with Crippen LogP contribution in [0.2, 0.25) is 10.2 Å². The highest BCUT2D eigenvalue weighted by atomic mass is 35.5. The van der Waals surface area contributed by atoms with E-state index in [2.05, 4.69) is 20.3 Å². The highest BCUT2D eigenvalue weighted by Crippen LogP contribution is 2.27. The van der Waals surface area contributed by atoms with Crippen molar-refractivity contribution < 1.29 is 0 Å². The lowest BCUT2D eigenvalue weighted by Gasteiger charge is -2.20. The van der Waals surface area contributed by atoms with E-state index in [0.29, 0.717) is 21.8 Å². The molecule has 23 heavy (non-hydrogen) atoms. The number of hydrogen-bond donors (Lipinski definition) is 1. The van der Waals surface area contributed by atoms with Crippen LogP contribution in [0.3, 0.4) is 0 Å². The molecular formula is C17H14Cl2N4. The summed E-state index contributed by atoms with van der Waals surface area (Å²) in [4.78, 5) is 12.9. The number of hydrogen-bond acceptors (Lipinski definition) is 4. The average Bonchev–Trinajstić information content (AvgIpc) is 2.52. The van der Waals surface area contributed by atoms with E-state index >= 15 is 0 Å². The molecule has 1 aromatic carbocycles. The maximum absolute atomic E-state index is 6.13. The average molecular weight is 345 g/mol. The Kier molecular flexibility index (Phi) is 4.74. The quantitative estimate of drug-likeness (QED) is 0.697. The van der Waals surface area contributed by atoms with Crippen molar-refractivity contribution >= 4 is 29.0 Å². The predicted octanol–water partition coefficient (Wildman–Crippen LogP) is 4.69. The van der Waals surface area contributed by atoms with Crippen LogP contribution in [0.25, 0.3) is 0 Å². The van der Waals surface area contributed by atoms with Gasteiger partial charge in [0, 0.05) is 17.3 Å². The number of pyridine rings is 1. The third-order valence-corrected chi connectivity index (χ3v) is 3.69. The molecule has 3 rings (SSSR count). The second kappa shape index (κ2) is 6.94. The molecule has 2 heterocycles. The summed E-state index contributed by atoms with van der Waals surface area (Å²) in [7, 11) is 0. The molecule has 0 aliphatic carbocycles. The Morgan fingerprint density at radius 3 is 2.57 bits per heavy atom. The van der Waals surface area contributed by atoms with Crippen LogP contribution in [0.15, 0.2) is 54.7 Å². The Morgan fingerprint density at radius 2 is 1.87 bits per heavy atom. The van der Waals surface area contributed by atoms with Gasteiger partial charge in [-0.15, -0.1) is 0 Å². The van der Waals surface area contributed by atoms with Gasteiger partial charge in [-0.05, 0) is 36.8 Å². The summed E-state index contributed by atoms with van der Waals surface area (Å²) in [5, 5.41) is 4.43. The number of nitrogens with zero attached hydrogens (tertiary/aromatic N) is 3. The van der Waals surface area contributed by atoms with Gasteiger partial charge in [0.1, 0.15) is 16.8 Å². The number of nitrogens with one attached hydrogen (secondary N) is 1. The Morgan fingerprint density at radius 1 is 1.00 bits per heavy atom. The van der Waals surface area contributed by atoms with Crippen molar-refractivity contribution in [3.05, 3.63) is 82.0 Å². The van der Waals surface area contributed by atoms with Crippen LogP contribution in [0, 0.1) is 6.92 Å². The van der Waals surface area contributed by atoms with Crippen molar-refractivity contribution in [2.45, 2.75) is 13.0 Å². The first-order valence-electron chi connectivity index (χ1n) is 7.06. The standard InChI is InChI=1S/C17H14Cl2N4/c1-11-21-15(19)10-16(22-11)23-17(14-7-2-3-8-20-14)12-5-4-6-13(18)9-12/h2-10,17H,1H3,(H,21,22,23). The molecule has 0 aliphatic heterocycles. The van der Waals surface area contributed by atoms with Crippen LogP contribution in [0.4, 0.5) is 5.82 Å². The fourth-order valence-electron chi connectivity index (χ4n) is 2.31. The molecule has 6 heteroatoms. The van der Waals surface area contributed by atoms with Gasteiger partial charge in [-0.1, -0.05) is 41.4 Å². The van der Waals surface area contributed by atoms with Gasteiger partial charge in [-0.3, -0.25) is 4.98 Å². The van der Waals surface area contributed by atoms with Gasteiger partial charge in [0.25, 0.3) is 0 Å². The van der Waals surface area contributed by atoms with E-state index in [9.17, 15) is 0 Å². The molecule has 0 spiro atoms. The topological polar surface area (TPSA) is 50.7 Å². The van der Waals surface area contributed by atoms with E-state index in [4.69, 9.17) is 23.2 Å². The van der Waals surface area contributed by atoms with Crippen molar-refractivity contribution in [3.63, 3.8) is 0 Å². The molecule has 4 nitrogen and oxygen atoms in total. The van der Waals surface area contributed by atoms with Gasteiger partial charge < -0.3 is 5.32 Å². The van der Waals surface area contributed by atoms with Crippen molar-refractivity contribution in [3.8, 4) is 0 Å². The van der Waals surface area contributed by atoms with Crippen LogP contribution in [-0.2, 0) is 0 Å². The summed E-state index contributed by atoms with van der Waals surface area (Å²) < 4.78 is 0. The van der Waals surface area contributed by atoms with Crippen molar-refractivity contribution in [1.29, 1.82) is 0 Å². The Hall–Kier alpha value is -2.17. The number of rotatable bonds is 4. The van der Waals surface area contributed by atoms with Crippen LogP contribution < -0.4 is 5.32 Å². The molecule has 0 radical (unpaired) electrons. The van der Waals surface area contributed by atoms with Crippen molar-refractivity contribution in [2.24, 2.45) is 0 Å². The molecule has 0 bridgehead atoms. The number of aromatic nitrogens is 3.